The molecule has 0 saturated carbocycles. The molecule has 10 atom stereocenters. The van der Waals surface area contributed by atoms with Crippen molar-refractivity contribution < 1.29 is 80.9 Å². The summed E-state index contributed by atoms with van der Waals surface area (Å²) in [6, 6.07) is 0. The maximum Gasteiger partial charge on any atom is 0.293 e. The van der Waals surface area contributed by atoms with Gasteiger partial charge in [-0.2, -0.15) is 0 Å². The molecule has 2 fully saturated rings. The van der Waals surface area contributed by atoms with E-state index >= 15 is 0 Å². The van der Waals surface area contributed by atoms with Gasteiger partial charge in [0.1, 0.15) is 31.5 Å². The number of hydrogen-bond acceptors (Lipinski definition) is 17. The second kappa shape index (κ2) is 16.1. The summed E-state index contributed by atoms with van der Waals surface area (Å²) in [5.74, 6) is 0. The first-order valence-electron chi connectivity index (χ1n) is 10.8. The molecule has 0 aromatic carbocycles. The van der Waals surface area contributed by atoms with Gasteiger partial charge < -0.3 is 52.1 Å². The van der Waals surface area contributed by atoms with Crippen molar-refractivity contribution >= 4 is 38.8 Å². The van der Waals surface area contributed by atoms with Crippen molar-refractivity contribution in [2.45, 2.75) is 61.4 Å². The molecule has 38 heavy (non-hydrogen) atoms. The largest absolute Gasteiger partial charge is 0.489 e. The Hall–Kier alpha value is -3.80. The van der Waals surface area contributed by atoms with Crippen LogP contribution in [0.15, 0.2) is 12.8 Å². The number of methoxy groups -OCH3 is 1. The molecule has 212 valence electrons. The molecular formula is C21H26O17. The Balaban J connectivity index is 2.51. The third-order valence-corrected chi connectivity index (χ3v) is 5.47. The summed E-state index contributed by atoms with van der Waals surface area (Å²) in [4.78, 5) is 66.7. The summed E-state index contributed by atoms with van der Waals surface area (Å²) in [5, 5.41) is 0. The second-order valence-electron chi connectivity index (χ2n) is 7.34. The summed E-state index contributed by atoms with van der Waals surface area (Å²) < 4.78 is 57.8. The molecule has 0 radical (unpaired) electrons. The van der Waals surface area contributed by atoms with E-state index in [0.717, 1.165) is 6.26 Å². The van der Waals surface area contributed by atoms with Crippen LogP contribution in [-0.2, 0) is 80.9 Å². The lowest BCUT2D eigenvalue weighted by Crippen LogP contribution is -2.66. The van der Waals surface area contributed by atoms with Crippen molar-refractivity contribution in [3.05, 3.63) is 12.8 Å². The molecule has 0 N–H and O–H groups in total. The Bertz CT molecular complexity index is 792. The molecule has 2 heterocycles. The lowest BCUT2D eigenvalue weighted by atomic mass is 9.96. The number of hydrogen-bond donors (Lipinski definition) is 0. The molecule has 2 rings (SSSR count). The summed E-state index contributed by atoms with van der Waals surface area (Å²) in [6.45, 7) is 2.78. The van der Waals surface area contributed by atoms with Crippen molar-refractivity contribution in [3.63, 3.8) is 0 Å². The molecule has 0 aliphatic carbocycles. The smallest absolute Gasteiger partial charge is 0.293 e. The zero-order valence-corrected chi connectivity index (χ0v) is 19.9. The van der Waals surface area contributed by atoms with Gasteiger partial charge in [0.25, 0.3) is 38.8 Å². The third kappa shape index (κ3) is 7.37. The first-order chi connectivity index (χ1) is 18.5. The highest BCUT2D eigenvalue weighted by Crippen LogP contribution is 2.34. The molecule has 2 aliphatic rings. The van der Waals surface area contributed by atoms with Crippen LogP contribution in [0, 0.1) is 0 Å². The molecule has 0 amide bonds. The minimum Gasteiger partial charge on any atom is -0.489 e. The van der Waals surface area contributed by atoms with Gasteiger partial charge in [0, 0.05) is 7.11 Å². The quantitative estimate of drug-likeness (QED) is 0.0926. The lowest BCUT2D eigenvalue weighted by Gasteiger charge is -2.47. The van der Waals surface area contributed by atoms with Crippen LogP contribution in [0.25, 0.3) is 0 Å². The van der Waals surface area contributed by atoms with Crippen LogP contribution < -0.4 is 0 Å². The van der Waals surface area contributed by atoms with E-state index < -0.39 is 74.6 Å². The number of rotatable bonds is 19. The van der Waals surface area contributed by atoms with E-state index in [1.54, 1.807) is 0 Å². The topological polar surface area (TPSA) is 204 Å². The normalized spacial score (nSPS) is 34.3. The molecule has 1 unspecified atom stereocenters. The zero-order chi connectivity index (χ0) is 27.9. The minimum atomic E-state index is -1.66. The highest BCUT2D eigenvalue weighted by atomic mass is 16.8. The monoisotopic (exact) mass is 550 g/mol. The van der Waals surface area contributed by atoms with E-state index in [1.807, 2.05) is 0 Å². The molecule has 2 aliphatic heterocycles. The van der Waals surface area contributed by atoms with Gasteiger partial charge in [0.15, 0.2) is 43.1 Å². The molecule has 0 aromatic heterocycles. The minimum absolute atomic E-state index is 0.00704. The van der Waals surface area contributed by atoms with Crippen molar-refractivity contribution in [1.82, 2.24) is 0 Å². The van der Waals surface area contributed by atoms with Gasteiger partial charge in [-0.1, -0.05) is 6.58 Å². The maximum atomic E-state index is 11.4. The Morgan fingerprint density at radius 2 is 1.03 bits per heavy atom. The molecule has 0 spiro atoms. The zero-order valence-electron chi connectivity index (χ0n) is 19.9. The van der Waals surface area contributed by atoms with Crippen LogP contribution in [0.2, 0.25) is 0 Å². The molecule has 2 saturated heterocycles. The molecule has 17 nitrogen and oxygen atoms in total. The van der Waals surface area contributed by atoms with Crippen LogP contribution >= 0.6 is 0 Å². The van der Waals surface area contributed by atoms with Crippen LogP contribution in [0.3, 0.4) is 0 Å². The maximum absolute atomic E-state index is 11.4. The van der Waals surface area contributed by atoms with Crippen molar-refractivity contribution in [2.75, 3.05) is 20.3 Å². The SMILES string of the molecule is C=CO[C@H]1C(OC)O[C@H](COC=O)[C@@H](O[C@H]2O[C@H](COC=O)[C@@H](OC=O)[C@H](OC=O)[C@H]2OC=O)[C@@H]1OC=O. The van der Waals surface area contributed by atoms with Gasteiger partial charge in [-0.15, -0.1) is 0 Å². The van der Waals surface area contributed by atoms with Gasteiger partial charge >= 0.3 is 0 Å². The fourth-order valence-corrected chi connectivity index (χ4v) is 4.04. The predicted molar refractivity (Wildman–Crippen MR) is 112 cm³/mol. The van der Waals surface area contributed by atoms with E-state index in [4.69, 9.17) is 52.1 Å². The van der Waals surface area contributed by atoms with E-state index in [0.29, 0.717) is 0 Å². The lowest BCUT2D eigenvalue weighted by molar-refractivity contribution is -0.356. The van der Waals surface area contributed by atoms with Gasteiger partial charge in [-0.25, -0.2) is 0 Å². The second-order valence-corrected chi connectivity index (χ2v) is 7.34. The van der Waals surface area contributed by atoms with Crippen molar-refractivity contribution in [3.8, 4) is 0 Å². The summed E-state index contributed by atoms with van der Waals surface area (Å²) in [5.41, 5.74) is 0. The highest BCUT2D eigenvalue weighted by Gasteiger charge is 2.56. The van der Waals surface area contributed by atoms with E-state index in [1.165, 1.54) is 7.11 Å². The molecular weight excluding hydrogens is 524 g/mol. The first-order valence-corrected chi connectivity index (χ1v) is 10.8. The van der Waals surface area contributed by atoms with Gasteiger partial charge in [-0.05, 0) is 0 Å². The van der Waals surface area contributed by atoms with Crippen LogP contribution in [0.4, 0.5) is 0 Å². The Kier molecular flexibility index (Phi) is 12.9. The predicted octanol–water partition coefficient (Wildman–Crippen LogP) is -2.49. The van der Waals surface area contributed by atoms with Crippen molar-refractivity contribution in [1.29, 1.82) is 0 Å². The van der Waals surface area contributed by atoms with E-state index in [-0.39, 0.29) is 38.8 Å². The summed E-state index contributed by atoms with van der Waals surface area (Å²) in [6.07, 6.45) is -12.7. The van der Waals surface area contributed by atoms with Gasteiger partial charge in [0.2, 0.25) is 0 Å². The average Bonchev–Trinajstić information content (AvgIpc) is 2.92. The molecule has 0 bridgehead atoms. The number of carbonyl (C=O) groups excluding carboxylic acids is 6. The Labute approximate surface area is 215 Å². The van der Waals surface area contributed by atoms with E-state index in [2.05, 4.69) is 6.58 Å². The number of ether oxygens (including phenoxy) is 11. The number of carbonyl (C=O) groups is 6. The highest BCUT2D eigenvalue weighted by molar-refractivity contribution is 5.42. The fourth-order valence-electron chi connectivity index (χ4n) is 4.04. The fraction of sp³-hybridized carbons (Fsp3) is 0.619. The van der Waals surface area contributed by atoms with Crippen LogP contribution in [0.1, 0.15) is 0 Å². The summed E-state index contributed by atoms with van der Waals surface area (Å²) >= 11 is 0. The molecule has 0 aromatic rings. The Morgan fingerprint density at radius 1 is 0.579 bits per heavy atom. The van der Waals surface area contributed by atoms with E-state index in [9.17, 15) is 28.8 Å². The van der Waals surface area contributed by atoms with Crippen LogP contribution in [-0.4, -0.2) is 121 Å². The van der Waals surface area contributed by atoms with Crippen LogP contribution in [0.5, 0.6) is 0 Å². The Morgan fingerprint density at radius 3 is 1.53 bits per heavy atom. The average molecular weight is 550 g/mol. The standard InChI is InChI=1S/C21H26O17/c1-3-31-18-17(34-10-26)15(13(5-30-7-23)36-20(18)28-2)38-21-19(35-11-27)16(33-9-25)14(32-8-24)12(37-21)4-29-6-22/h3,6-21H,1,4-5H2,2H3/t12-,13-,14-,15-,16+,17+,18-,19-,20?,21-/m1/s1. The third-order valence-electron chi connectivity index (χ3n) is 5.47. The summed E-state index contributed by atoms with van der Waals surface area (Å²) in [7, 11) is 1.27. The molecule has 17 heteroatoms. The van der Waals surface area contributed by atoms with Crippen molar-refractivity contribution in [2.24, 2.45) is 0 Å². The van der Waals surface area contributed by atoms with Gasteiger partial charge in [-0.3, -0.25) is 28.8 Å². The first kappa shape index (κ1) is 30.4. The van der Waals surface area contributed by atoms with Gasteiger partial charge in [0.05, 0.1) is 6.26 Å².